The van der Waals surface area contributed by atoms with Gasteiger partial charge in [-0.25, -0.2) is 8.42 Å². The van der Waals surface area contributed by atoms with Gasteiger partial charge >= 0.3 is 5.97 Å². The first kappa shape index (κ1) is 17.4. The number of aliphatic carboxylic acids is 1. The van der Waals surface area contributed by atoms with Gasteiger partial charge in [-0.15, -0.1) is 0 Å². The molecule has 0 saturated heterocycles. The maximum Gasteiger partial charge on any atom is 0.324 e. The number of halogens is 2. The van der Waals surface area contributed by atoms with Crippen LogP contribution in [0.5, 0.6) is 0 Å². The van der Waals surface area contributed by atoms with Crippen LogP contribution in [0.2, 0.25) is 5.02 Å². The Bertz CT molecular complexity index is 630. The second-order valence-electron chi connectivity index (χ2n) is 4.61. The van der Waals surface area contributed by atoms with Crippen molar-refractivity contribution in [3.8, 4) is 0 Å². The van der Waals surface area contributed by atoms with E-state index in [0.717, 1.165) is 4.31 Å². The second-order valence-corrected chi connectivity index (χ2v) is 7.73. The van der Waals surface area contributed by atoms with E-state index in [0.29, 0.717) is 9.50 Å². The molecule has 0 aliphatic heterocycles. The van der Waals surface area contributed by atoms with Gasteiger partial charge in [0.1, 0.15) is 5.54 Å². The van der Waals surface area contributed by atoms with E-state index in [4.69, 9.17) is 11.6 Å². The summed E-state index contributed by atoms with van der Waals surface area (Å²) in [6, 6.07) is 4.15. The zero-order valence-electron chi connectivity index (χ0n) is 11.2. The Balaban J connectivity index is 3.39. The lowest BCUT2D eigenvalue weighted by Gasteiger charge is -2.33. The lowest BCUT2D eigenvalue weighted by molar-refractivity contribution is -0.146. The van der Waals surface area contributed by atoms with Crippen molar-refractivity contribution < 1.29 is 18.3 Å². The van der Waals surface area contributed by atoms with Crippen molar-refractivity contribution in [3.63, 3.8) is 0 Å². The van der Waals surface area contributed by atoms with E-state index >= 15 is 0 Å². The van der Waals surface area contributed by atoms with Crippen LogP contribution in [0.15, 0.2) is 27.6 Å². The van der Waals surface area contributed by atoms with Crippen LogP contribution in [-0.4, -0.2) is 35.9 Å². The molecule has 0 saturated carbocycles. The molecule has 8 heteroatoms. The zero-order valence-corrected chi connectivity index (χ0v) is 14.4. The van der Waals surface area contributed by atoms with Crippen molar-refractivity contribution in [1.82, 2.24) is 4.31 Å². The SMILES string of the molecule is CCN(C(C)(C)C(=O)O)S(=O)(=O)c1ccc(Cl)c(Br)c1. The molecule has 0 fully saturated rings. The fraction of sp³-hybridized carbons (Fsp3) is 0.417. The summed E-state index contributed by atoms with van der Waals surface area (Å²) in [4.78, 5) is 11.3. The smallest absolute Gasteiger partial charge is 0.324 e. The van der Waals surface area contributed by atoms with Gasteiger partial charge < -0.3 is 5.11 Å². The van der Waals surface area contributed by atoms with Crippen LogP contribution in [0.3, 0.4) is 0 Å². The van der Waals surface area contributed by atoms with Crippen molar-refractivity contribution in [2.45, 2.75) is 31.2 Å². The van der Waals surface area contributed by atoms with Crippen LogP contribution < -0.4 is 0 Å². The molecule has 1 rings (SSSR count). The van der Waals surface area contributed by atoms with Crippen LogP contribution in [0.4, 0.5) is 0 Å². The largest absolute Gasteiger partial charge is 0.480 e. The standard InChI is InChI=1S/C12H15BrClNO4S/c1-4-15(12(2,3)11(16)17)20(18,19)8-5-6-10(14)9(13)7-8/h5-7H,4H2,1-3H3,(H,16,17). The number of likely N-dealkylation sites (N-methyl/N-ethyl adjacent to an activating group) is 1. The molecule has 1 aromatic rings. The molecule has 1 N–H and O–H groups in total. The highest BCUT2D eigenvalue weighted by molar-refractivity contribution is 9.10. The van der Waals surface area contributed by atoms with Gasteiger partial charge in [-0.05, 0) is 48.0 Å². The summed E-state index contributed by atoms with van der Waals surface area (Å²) in [7, 11) is -3.93. The molecule has 112 valence electrons. The van der Waals surface area contributed by atoms with E-state index < -0.39 is 21.5 Å². The average molecular weight is 385 g/mol. The summed E-state index contributed by atoms with van der Waals surface area (Å²) in [5.41, 5.74) is -1.54. The molecule has 5 nitrogen and oxygen atoms in total. The molecule has 0 unspecified atom stereocenters. The number of nitrogens with zero attached hydrogens (tertiary/aromatic N) is 1. The summed E-state index contributed by atoms with van der Waals surface area (Å²) in [5, 5.41) is 9.59. The van der Waals surface area contributed by atoms with Crippen molar-refractivity contribution in [3.05, 3.63) is 27.7 Å². The van der Waals surface area contributed by atoms with E-state index in [1.54, 1.807) is 6.92 Å². The van der Waals surface area contributed by atoms with Crippen LogP contribution >= 0.6 is 27.5 Å². The predicted molar refractivity (Wildman–Crippen MR) is 80.4 cm³/mol. The minimum absolute atomic E-state index is 0.00931. The Morgan fingerprint density at radius 1 is 1.45 bits per heavy atom. The normalized spacial score (nSPS) is 12.7. The van der Waals surface area contributed by atoms with Gasteiger partial charge in [0.05, 0.1) is 9.92 Å². The fourth-order valence-electron chi connectivity index (χ4n) is 1.74. The number of carboxylic acid groups (broad SMARTS) is 1. The number of carbonyl (C=O) groups is 1. The minimum atomic E-state index is -3.93. The first-order chi connectivity index (χ1) is 9.05. The Labute approximate surface area is 131 Å². The molecule has 1 aromatic carbocycles. The maximum absolute atomic E-state index is 12.6. The summed E-state index contributed by atoms with van der Waals surface area (Å²) < 4.78 is 26.5. The Morgan fingerprint density at radius 2 is 2.00 bits per heavy atom. The lowest BCUT2D eigenvalue weighted by atomic mass is 10.1. The van der Waals surface area contributed by atoms with Crippen LogP contribution in [0.25, 0.3) is 0 Å². The molecular formula is C12H15BrClNO4S. The Kier molecular flexibility index (Phi) is 5.23. The highest BCUT2D eigenvalue weighted by Crippen LogP contribution is 2.29. The van der Waals surface area contributed by atoms with Gasteiger partial charge in [0.15, 0.2) is 0 Å². The van der Waals surface area contributed by atoms with Crippen LogP contribution in [0, 0.1) is 0 Å². The predicted octanol–water partition coefficient (Wildman–Crippen LogP) is 2.98. The average Bonchev–Trinajstić information content (AvgIpc) is 2.32. The van der Waals surface area contributed by atoms with Gasteiger partial charge in [0.2, 0.25) is 10.0 Å². The number of carboxylic acids is 1. The second kappa shape index (κ2) is 6.01. The number of rotatable bonds is 5. The van der Waals surface area contributed by atoms with Gasteiger partial charge in [-0.2, -0.15) is 4.31 Å². The highest BCUT2D eigenvalue weighted by atomic mass is 79.9. The minimum Gasteiger partial charge on any atom is -0.480 e. The molecular weight excluding hydrogens is 370 g/mol. The summed E-state index contributed by atoms with van der Waals surface area (Å²) in [5.74, 6) is -1.21. The molecule has 0 amide bonds. The van der Waals surface area contributed by atoms with Crippen molar-refractivity contribution >= 4 is 43.5 Å². The molecule has 0 radical (unpaired) electrons. The van der Waals surface area contributed by atoms with Crippen molar-refractivity contribution in [1.29, 1.82) is 0 Å². The molecule has 0 aliphatic carbocycles. The molecule has 0 bridgehead atoms. The molecule has 0 aliphatic rings. The Morgan fingerprint density at radius 3 is 2.40 bits per heavy atom. The molecule has 20 heavy (non-hydrogen) atoms. The van der Waals surface area contributed by atoms with Crippen LogP contribution in [-0.2, 0) is 14.8 Å². The Hall–Kier alpha value is -0.630. The van der Waals surface area contributed by atoms with Gasteiger partial charge in [0, 0.05) is 11.0 Å². The third-order valence-electron chi connectivity index (χ3n) is 2.91. The van der Waals surface area contributed by atoms with Gasteiger partial charge in [0.25, 0.3) is 0 Å². The van der Waals surface area contributed by atoms with E-state index in [9.17, 15) is 18.3 Å². The number of hydrogen-bond acceptors (Lipinski definition) is 3. The fourth-order valence-corrected chi connectivity index (χ4v) is 4.16. The van der Waals surface area contributed by atoms with Gasteiger partial charge in [-0.3, -0.25) is 4.79 Å². The molecule has 0 atom stereocenters. The quantitative estimate of drug-likeness (QED) is 0.847. The molecule has 0 aromatic heterocycles. The van der Waals surface area contributed by atoms with E-state index in [2.05, 4.69) is 15.9 Å². The van der Waals surface area contributed by atoms with E-state index in [1.807, 2.05) is 0 Å². The van der Waals surface area contributed by atoms with Crippen molar-refractivity contribution in [2.75, 3.05) is 6.54 Å². The van der Waals surface area contributed by atoms with E-state index in [-0.39, 0.29) is 11.4 Å². The first-order valence-electron chi connectivity index (χ1n) is 5.76. The number of benzene rings is 1. The maximum atomic E-state index is 12.6. The van der Waals surface area contributed by atoms with E-state index in [1.165, 1.54) is 32.0 Å². The van der Waals surface area contributed by atoms with Gasteiger partial charge in [-0.1, -0.05) is 18.5 Å². The third kappa shape index (κ3) is 3.16. The molecule has 0 spiro atoms. The summed E-state index contributed by atoms with van der Waals surface area (Å²) in [6.45, 7) is 4.33. The highest BCUT2D eigenvalue weighted by Gasteiger charge is 2.41. The topological polar surface area (TPSA) is 74.7 Å². The summed E-state index contributed by atoms with van der Waals surface area (Å²) in [6.07, 6.45) is 0. The number of hydrogen-bond donors (Lipinski definition) is 1. The molecule has 0 heterocycles. The monoisotopic (exact) mass is 383 g/mol. The van der Waals surface area contributed by atoms with Crippen LogP contribution in [0.1, 0.15) is 20.8 Å². The number of sulfonamides is 1. The lowest BCUT2D eigenvalue weighted by Crippen LogP contribution is -2.52. The summed E-state index contributed by atoms with van der Waals surface area (Å²) >= 11 is 8.99. The van der Waals surface area contributed by atoms with Crippen molar-refractivity contribution in [2.24, 2.45) is 0 Å². The first-order valence-corrected chi connectivity index (χ1v) is 8.37. The third-order valence-corrected chi connectivity index (χ3v) is 6.27. The zero-order chi connectivity index (χ0) is 15.7.